The van der Waals surface area contributed by atoms with E-state index in [1.54, 1.807) is 0 Å². The maximum Gasteiger partial charge on any atom is 0.124 e. The van der Waals surface area contributed by atoms with E-state index < -0.39 is 0 Å². The smallest absolute Gasteiger partial charge is 0.124 e. The Balaban J connectivity index is 3.91. The first kappa shape index (κ1) is 9.07. The molecule has 0 rings (SSSR count). The quantitative estimate of drug-likeness (QED) is 0.262. The molecule has 0 radical (unpaired) electrons. The van der Waals surface area contributed by atoms with Crippen molar-refractivity contribution in [2.45, 2.75) is 27.2 Å². The van der Waals surface area contributed by atoms with E-state index in [1.807, 2.05) is 0 Å². The summed E-state index contributed by atoms with van der Waals surface area (Å²) in [6.07, 6.45) is 0.676. The molecule has 0 aromatic carbocycles. The van der Waals surface area contributed by atoms with Gasteiger partial charge in [-0.2, -0.15) is 5.53 Å². The first-order valence-corrected chi connectivity index (χ1v) is 3.14. The van der Waals surface area contributed by atoms with Gasteiger partial charge in [0.1, 0.15) is 5.84 Å². The molecule has 0 aliphatic rings. The van der Waals surface area contributed by atoms with Crippen LogP contribution in [0, 0.1) is 10.9 Å². The summed E-state index contributed by atoms with van der Waals surface area (Å²) in [5.74, 6) is 0.419. The topological polar surface area (TPSA) is 74.6 Å². The fourth-order valence-electron chi connectivity index (χ4n) is 0.643. The Morgan fingerprint density at radius 1 is 1.50 bits per heavy atom. The molecule has 0 atom stereocenters. The molecule has 0 aromatic heterocycles. The molecule has 0 saturated heterocycles. The Bertz CT molecular complexity index is 142. The van der Waals surface area contributed by atoms with Crippen molar-refractivity contribution in [1.82, 2.24) is 0 Å². The average Bonchev–Trinajstić information content (AvgIpc) is 1.59. The molecule has 4 nitrogen and oxygen atoms in total. The minimum absolute atomic E-state index is 0.123. The van der Waals surface area contributed by atoms with E-state index in [0.717, 1.165) is 0 Å². The molecule has 0 bridgehead atoms. The van der Waals surface area contributed by atoms with Crippen molar-refractivity contribution in [3.63, 3.8) is 0 Å². The van der Waals surface area contributed by atoms with Crippen LogP contribution in [0.4, 0.5) is 0 Å². The molecule has 4 heteroatoms. The van der Waals surface area contributed by atoms with Crippen LogP contribution in [0.25, 0.3) is 0 Å². The van der Waals surface area contributed by atoms with Gasteiger partial charge in [0.25, 0.3) is 0 Å². The molecule has 0 saturated carbocycles. The summed E-state index contributed by atoms with van der Waals surface area (Å²) in [7, 11) is 0. The second-order valence-electron chi connectivity index (χ2n) is 3.43. The Hall–Kier alpha value is -0.930. The van der Waals surface area contributed by atoms with E-state index >= 15 is 0 Å². The lowest BCUT2D eigenvalue weighted by atomic mass is 9.92. The van der Waals surface area contributed by atoms with Gasteiger partial charge < -0.3 is 5.73 Å². The lowest BCUT2D eigenvalue weighted by Crippen LogP contribution is -2.19. The predicted octanol–water partition coefficient (Wildman–Crippen LogP) is 1.73. The number of nitrogens with two attached hydrogens (primary N) is 1. The Labute approximate surface area is 61.0 Å². The molecule has 0 amide bonds. The fourth-order valence-corrected chi connectivity index (χ4v) is 0.643. The van der Waals surface area contributed by atoms with Crippen molar-refractivity contribution in [2.75, 3.05) is 0 Å². The molecule has 0 aromatic rings. The minimum Gasteiger partial charge on any atom is -0.386 e. The largest absolute Gasteiger partial charge is 0.386 e. The molecule has 58 valence electrons. The van der Waals surface area contributed by atoms with Crippen LogP contribution in [0.3, 0.4) is 0 Å². The second kappa shape index (κ2) is 3.29. The normalized spacial score (nSPS) is 13.3. The van der Waals surface area contributed by atoms with Gasteiger partial charge in [-0.15, -0.1) is 5.10 Å². The zero-order chi connectivity index (χ0) is 8.20. The highest BCUT2D eigenvalue weighted by atomic mass is 15.3. The number of amidine groups is 1. The molecular formula is C6H14N4. The second-order valence-corrected chi connectivity index (χ2v) is 3.43. The van der Waals surface area contributed by atoms with Crippen LogP contribution in [0.1, 0.15) is 27.2 Å². The van der Waals surface area contributed by atoms with Gasteiger partial charge >= 0.3 is 0 Å². The van der Waals surface area contributed by atoms with Crippen molar-refractivity contribution in [3.05, 3.63) is 0 Å². The van der Waals surface area contributed by atoms with Crippen LogP contribution in [-0.4, -0.2) is 5.84 Å². The van der Waals surface area contributed by atoms with Crippen LogP contribution in [0.2, 0.25) is 0 Å². The van der Waals surface area contributed by atoms with Gasteiger partial charge in [-0.25, -0.2) is 0 Å². The molecule has 0 heterocycles. The Morgan fingerprint density at radius 2 is 2.00 bits per heavy atom. The molecule has 10 heavy (non-hydrogen) atoms. The molecule has 0 spiro atoms. The third-order valence-corrected chi connectivity index (χ3v) is 0.890. The first-order valence-electron chi connectivity index (χ1n) is 3.14. The van der Waals surface area contributed by atoms with Crippen LogP contribution < -0.4 is 5.73 Å². The predicted molar refractivity (Wildman–Crippen MR) is 40.8 cm³/mol. The number of hydrogen-bond acceptors (Lipinski definition) is 2. The molecule has 0 fully saturated rings. The Kier molecular flexibility index (Phi) is 2.99. The summed E-state index contributed by atoms with van der Waals surface area (Å²) in [5.41, 5.74) is 11.9. The summed E-state index contributed by atoms with van der Waals surface area (Å²) in [6, 6.07) is 0. The fraction of sp³-hybridized carbons (Fsp3) is 0.833. The summed E-state index contributed by atoms with van der Waals surface area (Å²) in [6.45, 7) is 6.16. The zero-order valence-corrected chi connectivity index (χ0v) is 6.68. The lowest BCUT2D eigenvalue weighted by Gasteiger charge is -2.15. The number of nitrogens with zero attached hydrogens (tertiary/aromatic N) is 2. The van der Waals surface area contributed by atoms with Gasteiger partial charge in [-0.05, 0) is 5.41 Å². The van der Waals surface area contributed by atoms with Gasteiger partial charge in [0.05, 0.1) is 0 Å². The van der Waals surface area contributed by atoms with Gasteiger partial charge in [-0.3, -0.25) is 0 Å². The van der Waals surface area contributed by atoms with Crippen LogP contribution in [0.5, 0.6) is 0 Å². The average molecular weight is 142 g/mol. The van der Waals surface area contributed by atoms with Gasteiger partial charge in [0.2, 0.25) is 0 Å². The molecular weight excluding hydrogens is 128 g/mol. The van der Waals surface area contributed by atoms with Crippen molar-refractivity contribution in [3.8, 4) is 0 Å². The molecule has 0 aliphatic carbocycles. The monoisotopic (exact) mass is 142 g/mol. The van der Waals surface area contributed by atoms with Crippen molar-refractivity contribution in [2.24, 2.45) is 21.5 Å². The SMILES string of the molecule is CC(C)(C)C/C(N)=N/N=N. The van der Waals surface area contributed by atoms with E-state index in [-0.39, 0.29) is 5.41 Å². The maximum absolute atomic E-state index is 6.40. The highest BCUT2D eigenvalue weighted by Gasteiger charge is 2.11. The minimum atomic E-state index is 0.123. The highest BCUT2D eigenvalue weighted by Crippen LogP contribution is 2.17. The van der Waals surface area contributed by atoms with Crippen molar-refractivity contribution in [1.29, 1.82) is 5.53 Å². The van der Waals surface area contributed by atoms with E-state index in [4.69, 9.17) is 11.3 Å². The summed E-state index contributed by atoms with van der Waals surface area (Å²) >= 11 is 0. The third kappa shape index (κ3) is 5.21. The standard InChI is InChI=1S/C6H14N4/c1-6(2,3)4-5(7)9-10-8/h4H2,1-3H3,(H3,7,8,9). The molecule has 0 unspecified atom stereocenters. The van der Waals surface area contributed by atoms with Crippen LogP contribution >= 0.6 is 0 Å². The van der Waals surface area contributed by atoms with Crippen molar-refractivity contribution >= 4 is 5.84 Å². The number of rotatable bonds is 2. The lowest BCUT2D eigenvalue weighted by molar-refractivity contribution is 0.432. The molecule has 0 aliphatic heterocycles. The van der Waals surface area contributed by atoms with E-state index in [2.05, 4.69) is 31.1 Å². The first-order chi connectivity index (χ1) is 4.45. The van der Waals surface area contributed by atoms with E-state index in [0.29, 0.717) is 12.3 Å². The van der Waals surface area contributed by atoms with E-state index in [1.165, 1.54) is 0 Å². The number of nitrogens with one attached hydrogen (secondary N) is 1. The number of hydrogen-bond donors (Lipinski definition) is 2. The van der Waals surface area contributed by atoms with Crippen molar-refractivity contribution < 1.29 is 0 Å². The summed E-state index contributed by atoms with van der Waals surface area (Å²) in [5, 5.41) is 6.23. The molecule has 3 N–H and O–H groups in total. The maximum atomic E-state index is 6.40. The van der Waals surface area contributed by atoms with Gasteiger partial charge in [0, 0.05) is 6.42 Å². The zero-order valence-electron chi connectivity index (χ0n) is 6.68. The van der Waals surface area contributed by atoms with Gasteiger partial charge in [0.15, 0.2) is 0 Å². The van der Waals surface area contributed by atoms with Gasteiger partial charge in [-0.1, -0.05) is 26.0 Å². The highest BCUT2D eigenvalue weighted by molar-refractivity contribution is 5.80. The summed E-state index contributed by atoms with van der Waals surface area (Å²) in [4.78, 5) is 0. The summed E-state index contributed by atoms with van der Waals surface area (Å²) < 4.78 is 0. The Morgan fingerprint density at radius 3 is 2.30 bits per heavy atom. The van der Waals surface area contributed by atoms with Crippen LogP contribution in [-0.2, 0) is 0 Å². The van der Waals surface area contributed by atoms with Crippen LogP contribution in [0.15, 0.2) is 10.3 Å². The third-order valence-electron chi connectivity index (χ3n) is 0.890. The van der Waals surface area contributed by atoms with E-state index in [9.17, 15) is 0 Å².